The van der Waals surface area contributed by atoms with Gasteiger partial charge in [0, 0.05) is 6.42 Å². The van der Waals surface area contributed by atoms with Gasteiger partial charge in [0.05, 0.1) is 4.47 Å². The molecule has 14 heavy (non-hydrogen) atoms. The summed E-state index contributed by atoms with van der Waals surface area (Å²) in [5.41, 5.74) is 7.14. The molecule has 2 aromatic rings. The summed E-state index contributed by atoms with van der Waals surface area (Å²) in [6, 6.07) is 5.83. The van der Waals surface area contributed by atoms with Gasteiger partial charge >= 0.3 is 0 Å². The average molecular weight is 255 g/mol. The van der Waals surface area contributed by atoms with Crippen molar-refractivity contribution in [2.75, 3.05) is 6.54 Å². The Hall–Kier alpha value is -0.870. The number of rotatable bonds is 3. The van der Waals surface area contributed by atoms with Crippen LogP contribution in [-0.4, -0.2) is 11.5 Å². The molecule has 1 heterocycles. The highest BCUT2D eigenvalue weighted by Crippen LogP contribution is 2.24. The normalized spacial score (nSPS) is 11.0. The number of halogens is 1. The van der Waals surface area contributed by atoms with Crippen molar-refractivity contribution in [3.63, 3.8) is 0 Å². The highest BCUT2D eigenvalue weighted by Gasteiger charge is 2.07. The quantitative estimate of drug-likeness (QED) is 0.916. The van der Waals surface area contributed by atoms with Gasteiger partial charge in [-0.15, -0.1) is 0 Å². The van der Waals surface area contributed by atoms with Crippen molar-refractivity contribution in [3.05, 3.63) is 28.6 Å². The van der Waals surface area contributed by atoms with Crippen LogP contribution in [0.15, 0.2) is 27.1 Å². The fraction of sp³-hybridized carbons (Fsp3) is 0.300. The first kappa shape index (κ1) is 9.68. The van der Waals surface area contributed by atoms with E-state index in [9.17, 15) is 0 Å². The maximum Gasteiger partial charge on any atom is 0.195 e. The van der Waals surface area contributed by atoms with Crippen LogP contribution in [0.25, 0.3) is 11.1 Å². The minimum absolute atomic E-state index is 0.667. The first-order valence-electron chi connectivity index (χ1n) is 4.55. The summed E-state index contributed by atoms with van der Waals surface area (Å²) in [7, 11) is 0. The smallest absolute Gasteiger partial charge is 0.195 e. The zero-order valence-electron chi connectivity index (χ0n) is 7.66. The number of benzene rings is 1. The number of fused-ring (bicyclic) bond motifs is 1. The van der Waals surface area contributed by atoms with Crippen molar-refractivity contribution in [2.24, 2.45) is 5.73 Å². The molecule has 0 radical (unpaired) electrons. The highest BCUT2D eigenvalue weighted by molar-refractivity contribution is 9.10. The minimum Gasteiger partial charge on any atom is -0.440 e. The van der Waals surface area contributed by atoms with Gasteiger partial charge in [0.2, 0.25) is 0 Å². The molecular weight excluding hydrogens is 244 g/mol. The molecule has 0 saturated heterocycles. The molecule has 4 heteroatoms. The monoisotopic (exact) mass is 254 g/mol. The van der Waals surface area contributed by atoms with E-state index in [1.807, 2.05) is 18.2 Å². The van der Waals surface area contributed by atoms with Gasteiger partial charge in [0.1, 0.15) is 5.52 Å². The van der Waals surface area contributed by atoms with Crippen molar-refractivity contribution in [2.45, 2.75) is 12.8 Å². The Balaban J connectivity index is 2.36. The number of nitrogens with zero attached hydrogens (tertiary/aromatic N) is 1. The molecule has 0 bridgehead atoms. The predicted octanol–water partition coefficient (Wildman–Crippen LogP) is 2.48. The van der Waals surface area contributed by atoms with Crippen LogP contribution in [0.5, 0.6) is 0 Å². The summed E-state index contributed by atoms with van der Waals surface area (Å²) >= 11 is 3.42. The molecular formula is C10H11BrN2O. The van der Waals surface area contributed by atoms with E-state index < -0.39 is 0 Å². The van der Waals surface area contributed by atoms with Gasteiger partial charge in [0.25, 0.3) is 0 Å². The van der Waals surface area contributed by atoms with Gasteiger partial charge in [-0.1, -0.05) is 6.07 Å². The molecule has 0 unspecified atom stereocenters. The molecule has 0 spiro atoms. The standard InChI is InChI=1S/C10H11BrN2O/c11-7-3-1-4-8-10(7)14-9(13-8)5-2-6-12/h1,3-4H,2,5-6,12H2. The van der Waals surface area contributed by atoms with E-state index in [-0.39, 0.29) is 0 Å². The van der Waals surface area contributed by atoms with Gasteiger partial charge in [0.15, 0.2) is 11.5 Å². The number of nitrogens with two attached hydrogens (primary N) is 1. The van der Waals surface area contributed by atoms with Crippen LogP contribution in [0.1, 0.15) is 12.3 Å². The molecule has 0 fully saturated rings. The summed E-state index contributed by atoms with van der Waals surface area (Å²) in [5.74, 6) is 0.761. The van der Waals surface area contributed by atoms with E-state index >= 15 is 0 Å². The second-order valence-corrected chi connectivity index (χ2v) is 3.94. The maximum absolute atomic E-state index is 5.59. The van der Waals surface area contributed by atoms with Crippen molar-refractivity contribution in [1.82, 2.24) is 4.98 Å². The topological polar surface area (TPSA) is 52.0 Å². The molecule has 2 rings (SSSR count). The SMILES string of the molecule is NCCCc1nc2cccc(Br)c2o1. The summed E-state index contributed by atoms with van der Waals surface area (Å²) < 4.78 is 6.53. The van der Waals surface area contributed by atoms with Crippen LogP contribution in [0.2, 0.25) is 0 Å². The average Bonchev–Trinajstić information content (AvgIpc) is 2.59. The van der Waals surface area contributed by atoms with Crippen molar-refractivity contribution >= 4 is 27.0 Å². The van der Waals surface area contributed by atoms with Crippen LogP contribution in [0.3, 0.4) is 0 Å². The molecule has 0 aliphatic carbocycles. The fourth-order valence-electron chi connectivity index (χ4n) is 1.32. The number of hydrogen-bond acceptors (Lipinski definition) is 3. The second kappa shape index (κ2) is 4.11. The van der Waals surface area contributed by atoms with E-state index in [2.05, 4.69) is 20.9 Å². The molecule has 0 aliphatic heterocycles. The summed E-state index contributed by atoms with van der Waals surface area (Å²) in [6.45, 7) is 0.667. The van der Waals surface area contributed by atoms with Crippen LogP contribution >= 0.6 is 15.9 Å². The lowest BCUT2D eigenvalue weighted by Gasteiger charge is -1.90. The van der Waals surface area contributed by atoms with Gasteiger partial charge < -0.3 is 10.2 Å². The Bertz CT molecular complexity index is 439. The Labute approximate surface area is 90.4 Å². The van der Waals surface area contributed by atoms with Gasteiger partial charge in [-0.3, -0.25) is 0 Å². The first-order chi connectivity index (χ1) is 6.81. The van der Waals surface area contributed by atoms with Crippen LogP contribution in [0, 0.1) is 0 Å². The Morgan fingerprint density at radius 3 is 3.00 bits per heavy atom. The number of para-hydroxylation sites is 1. The van der Waals surface area contributed by atoms with E-state index in [4.69, 9.17) is 10.2 Å². The van der Waals surface area contributed by atoms with Crippen molar-refractivity contribution in [3.8, 4) is 0 Å². The van der Waals surface area contributed by atoms with Crippen LogP contribution in [0.4, 0.5) is 0 Å². The lowest BCUT2D eigenvalue weighted by Crippen LogP contribution is -2.00. The third-order valence-electron chi connectivity index (χ3n) is 2.01. The number of oxazole rings is 1. The molecule has 2 N–H and O–H groups in total. The zero-order valence-corrected chi connectivity index (χ0v) is 9.25. The molecule has 0 saturated carbocycles. The summed E-state index contributed by atoms with van der Waals surface area (Å²) in [6.07, 6.45) is 1.71. The molecule has 1 aromatic heterocycles. The summed E-state index contributed by atoms with van der Waals surface area (Å²) in [5, 5.41) is 0. The van der Waals surface area contributed by atoms with Crippen molar-refractivity contribution < 1.29 is 4.42 Å². The molecule has 0 atom stereocenters. The third-order valence-corrected chi connectivity index (χ3v) is 2.63. The number of aryl methyl sites for hydroxylation is 1. The van der Waals surface area contributed by atoms with Gasteiger partial charge in [-0.2, -0.15) is 0 Å². The van der Waals surface area contributed by atoms with E-state index in [0.29, 0.717) is 6.54 Å². The van der Waals surface area contributed by atoms with Crippen LogP contribution in [-0.2, 0) is 6.42 Å². The zero-order chi connectivity index (χ0) is 9.97. The predicted molar refractivity (Wildman–Crippen MR) is 59.1 cm³/mol. The van der Waals surface area contributed by atoms with E-state index in [0.717, 1.165) is 34.3 Å². The molecule has 3 nitrogen and oxygen atoms in total. The van der Waals surface area contributed by atoms with E-state index in [1.165, 1.54) is 0 Å². The lowest BCUT2D eigenvalue weighted by atomic mass is 10.3. The van der Waals surface area contributed by atoms with Crippen molar-refractivity contribution in [1.29, 1.82) is 0 Å². The fourth-order valence-corrected chi connectivity index (χ4v) is 1.76. The van der Waals surface area contributed by atoms with Crippen LogP contribution < -0.4 is 5.73 Å². The highest BCUT2D eigenvalue weighted by atomic mass is 79.9. The number of aromatic nitrogens is 1. The lowest BCUT2D eigenvalue weighted by molar-refractivity contribution is 0.520. The molecule has 0 amide bonds. The Morgan fingerprint density at radius 1 is 1.43 bits per heavy atom. The Morgan fingerprint density at radius 2 is 2.29 bits per heavy atom. The van der Waals surface area contributed by atoms with E-state index in [1.54, 1.807) is 0 Å². The molecule has 0 aliphatic rings. The third kappa shape index (κ3) is 1.81. The maximum atomic E-state index is 5.59. The van der Waals surface area contributed by atoms with Gasteiger partial charge in [-0.25, -0.2) is 4.98 Å². The molecule has 1 aromatic carbocycles. The number of hydrogen-bond donors (Lipinski definition) is 1. The largest absolute Gasteiger partial charge is 0.440 e. The minimum atomic E-state index is 0.667. The Kier molecular flexibility index (Phi) is 2.84. The first-order valence-corrected chi connectivity index (χ1v) is 5.34. The summed E-state index contributed by atoms with van der Waals surface area (Å²) in [4.78, 5) is 4.36. The van der Waals surface area contributed by atoms with Gasteiger partial charge in [-0.05, 0) is 41.0 Å². The second-order valence-electron chi connectivity index (χ2n) is 3.09. The molecule has 74 valence electrons.